The number of halogens is 3. The van der Waals surface area contributed by atoms with Crippen LogP contribution in [0.2, 0.25) is 0 Å². The molecule has 1 heterocycles. The summed E-state index contributed by atoms with van der Waals surface area (Å²) in [5, 5.41) is 5.51. The number of anilines is 1. The van der Waals surface area contributed by atoms with Crippen LogP contribution >= 0.6 is 0 Å². The van der Waals surface area contributed by atoms with Gasteiger partial charge in [-0.1, -0.05) is 13.3 Å². The van der Waals surface area contributed by atoms with Gasteiger partial charge in [-0.05, 0) is 24.6 Å². The molecular formula is C18H20F3N3O. The summed E-state index contributed by atoms with van der Waals surface area (Å²) in [7, 11) is 1.63. The highest BCUT2D eigenvalue weighted by molar-refractivity contribution is 5.74. The molecule has 2 rings (SSSR count). The van der Waals surface area contributed by atoms with Crippen molar-refractivity contribution >= 4 is 12.1 Å². The van der Waals surface area contributed by atoms with Gasteiger partial charge in [0.25, 0.3) is 0 Å². The Morgan fingerprint density at radius 3 is 2.52 bits per heavy atom. The fourth-order valence-electron chi connectivity index (χ4n) is 2.71. The first-order chi connectivity index (χ1) is 12.0. The van der Waals surface area contributed by atoms with Gasteiger partial charge >= 0.3 is 0 Å². The third-order valence-corrected chi connectivity index (χ3v) is 3.95. The Bertz CT molecular complexity index is 753. The van der Waals surface area contributed by atoms with Crippen LogP contribution in [0.3, 0.4) is 0 Å². The van der Waals surface area contributed by atoms with Gasteiger partial charge in [0.1, 0.15) is 5.82 Å². The van der Waals surface area contributed by atoms with Crippen LogP contribution in [0, 0.1) is 17.5 Å². The zero-order chi connectivity index (χ0) is 18.4. The molecule has 0 saturated carbocycles. The van der Waals surface area contributed by atoms with Gasteiger partial charge in [0.05, 0.1) is 11.4 Å². The summed E-state index contributed by atoms with van der Waals surface area (Å²) in [5.74, 6) is -3.34. The molecule has 0 saturated heterocycles. The lowest BCUT2D eigenvalue weighted by molar-refractivity contribution is -0.109. The van der Waals surface area contributed by atoms with Crippen molar-refractivity contribution < 1.29 is 18.0 Å². The highest BCUT2D eigenvalue weighted by Crippen LogP contribution is 2.32. The molecule has 2 aromatic rings. The normalized spacial score (nSPS) is 11.9. The largest absolute Gasteiger partial charge is 0.386 e. The van der Waals surface area contributed by atoms with Gasteiger partial charge in [-0.25, -0.2) is 13.2 Å². The third kappa shape index (κ3) is 4.29. The predicted molar refractivity (Wildman–Crippen MR) is 90.8 cm³/mol. The van der Waals surface area contributed by atoms with E-state index >= 15 is 0 Å². The summed E-state index contributed by atoms with van der Waals surface area (Å²) in [6, 6.07) is 4.80. The van der Waals surface area contributed by atoms with Crippen LogP contribution in [0.4, 0.5) is 18.9 Å². The maximum absolute atomic E-state index is 14.2. The smallest absolute Gasteiger partial charge is 0.207 e. The average Bonchev–Trinajstić information content (AvgIpc) is 2.61. The van der Waals surface area contributed by atoms with Gasteiger partial charge in [0.2, 0.25) is 6.41 Å². The minimum atomic E-state index is -1.25. The number of carbonyl (C=O) groups is 1. The number of carbonyl (C=O) groups excluding carboxylic acids is 1. The lowest BCUT2D eigenvalue weighted by atomic mass is 9.97. The van der Waals surface area contributed by atoms with Gasteiger partial charge in [-0.15, -0.1) is 0 Å². The van der Waals surface area contributed by atoms with Gasteiger partial charge in [-0.3, -0.25) is 9.78 Å². The molecule has 1 atom stereocenters. The first-order valence-electron chi connectivity index (χ1n) is 8.02. The van der Waals surface area contributed by atoms with Crippen LogP contribution in [0.5, 0.6) is 0 Å². The van der Waals surface area contributed by atoms with Crippen LogP contribution in [0.1, 0.15) is 31.4 Å². The van der Waals surface area contributed by atoms with Gasteiger partial charge < -0.3 is 10.6 Å². The second-order valence-corrected chi connectivity index (χ2v) is 5.64. The Hall–Kier alpha value is -2.57. The first kappa shape index (κ1) is 18.8. The fourth-order valence-corrected chi connectivity index (χ4v) is 2.71. The number of amides is 1. The highest BCUT2D eigenvalue weighted by atomic mass is 19.2. The van der Waals surface area contributed by atoms with Crippen LogP contribution in [-0.2, 0) is 4.79 Å². The number of pyridine rings is 1. The maximum atomic E-state index is 14.2. The van der Waals surface area contributed by atoms with Gasteiger partial charge in [-0.2, -0.15) is 0 Å². The molecule has 0 aliphatic heterocycles. The summed E-state index contributed by atoms with van der Waals surface area (Å²) >= 11 is 0. The van der Waals surface area contributed by atoms with Crippen molar-refractivity contribution in [2.45, 2.75) is 25.7 Å². The summed E-state index contributed by atoms with van der Waals surface area (Å²) in [4.78, 5) is 15.0. The molecule has 0 bridgehead atoms. The Morgan fingerprint density at radius 2 is 1.88 bits per heavy atom. The van der Waals surface area contributed by atoms with Crippen LogP contribution < -0.4 is 10.6 Å². The minimum Gasteiger partial charge on any atom is -0.386 e. The van der Waals surface area contributed by atoms with Crippen molar-refractivity contribution in [3.63, 3.8) is 0 Å². The van der Waals surface area contributed by atoms with Gasteiger partial charge in [0.15, 0.2) is 11.6 Å². The van der Waals surface area contributed by atoms with E-state index in [2.05, 4.69) is 15.6 Å². The van der Waals surface area contributed by atoms with E-state index in [1.54, 1.807) is 19.2 Å². The molecule has 0 radical (unpaired) electrons. The van der Waals surface area contributed by atoms with E-state index in [1.807, 2.05) is 6.92 Å². The Morgan fingerprint density at radius 1 is 1.16 bits per heavy atom. The second-order valence-electron chi connectivity index (χ2n) is 5.64. The molecule has 1 aromatic heterocycles. The molecule has 4 nitrogen and oxygen atoms in total. The molecular weight excluding hydrogens is 331 g/mol. The van der Waals surface area contributed by atoms with Crippen LogP contribution in [0.25, 0.3) is 11.3 Å². The molecule has 0 aliphatic carbocycles. The summed E-state index contributed by atoms with van der Waals surface area (Å²) in [6.07, 6.45) is 2.25. The number of benzene rings is 1. The Balaban J connectivity index is 2.53. The first-order valence-corrected chi connectivity index (χ1v) is 8.02. The number of nitrogens with one attached hydrogen (secondary N) is 2. The molecule has 7 heteroatoms. The number of aromatic nitrogens is 1. The summed E-state index contributed by atoms with van der Waals surface area (Å²) in [5.41, 5.74) is 1.22. The number of hydrogen-bond donors (Lipinski definition) is 2. The quantitative estimate of drug-likeness (QED) is 0.561. The predicted octanol–water partition coefficient (Wildman–Crippen LogP) is 3.84. The van der Waals surface area contributed by atoms with Crippen molar-refractivity contribution in [2.24, 2.45) is 0 Å². The van der Waals surface area contributed by atoms with E-state index in [0.717, 1.165) is 18.9 Å². The number of nitrogens with zero attached hydrogens (tertiary/aromatic N) is 1. The van der Waals surface area contributed by atoms with Crippen LogP contribution in [0.15, 0.2) is 24.3 Å². The van der Waals surface area contributed by atoms with Crippen molar-refractivity contribution in [3.8, 4) is 11.3 Å². The zero-order valence-electron chi connectivity index (χ0n) is 14.1. The number of hydrogen-bond acceptors (Lipinski definition) is 3. The van der Waals surface area contributed by atoms with E-state index in [4.69, 9.17) is 0 Å². The molecule has 1 amide bonds. The molecule has 1 unspecified atom stereocenters. The lowest BCUT2D eigenvalue weighted by Crippen LogP contribution is -2.21. The van der Waals surface area contributed by atoms with E-state index in [9.17, 15) is 18.0 Å². The topological polar surface area (TPSA) is 54.0 Å². The zero-order valence-corrected chi connectivity index (χ0v) is 14.1. The molecule has 134 valence electrons. The van der Waals surface area contributed by atoms with Crippen molar-refractivity contribution in [3.05, 3.63) is 47.4 Å². The van der Waals surface area contributed by atoms with E-state index in [-0.39, 0.29) is 17.2 Å². The average molecular weight is 351 g/mol. The van der Waals surface area contributed by atoms with Crippen LogP contribution in [-0.4, -0.2) is 25.0 Å². The third-order valence-electron chi connectivity index (χ3n) is 3.95. The molecule has 0 aliphatic rings. The van der Waals surface area contributed by atoms with E-state index in [1.165, 1.54) is 0 Å². The molecule has 0 spiro atoms. The molecule has 25 heavy (non-hydrogen) atoms. The fraction of sp³-hybridized carbons (Fsp3) is 0.333. The second kappa shape index (κ2) is 8.50. The van der Waals surface area contributed by atoms with Crippen molar-refractivity contribution in [1.82, 2.24) is 10.3 Å². The van der Waals surface area contributed by atoms with E-state index in [0.29, 0.717) is 30.4 Å². The molecule has 2 N–H and O–H groups in total. The molecule has 1 aromatic carbocycles. The SMILES string of the molecule is CCCC(CNC=O)c1ccc(NC)c(-c2cc(F)c(F)cc2F)n1. The number of rotatable bonds is 8. The maximum Gasteiger partial charge on any atom is 0.207 e. The lowest BCUT2D eigenvalue weighted by Gasteiger charge is -2.18. The summed E-state index contributed by atoms with van der Waals surface area (Å²) in [6.45, 7) is 2.40. The minimum absolute atomic E-state index is 0.0618. The Labute approximate surface area is 144 Å². The van der Waals surface area contributed by atoms with Crippen molar-refractivity contribution in [2.75, 3.05) is 18.9 Å². The molecule has 0 fully saturated rings. The van der Waals surface area contributed by atoms with Gasteiger partial charge in [0, 0.05) is 36.8 Å². The van der Waals surface area contributed by atoms with Crippen molar-refractivity contribution in [1.29, 1.82) is 0 Å². The monoisotopic (exact) mass is 351 g/mol. The van der Waals surface area contributed by atoms with E-state index < -0.39 is 17.5 Å². The summed E-state index contributed by atoms with van der Waals surface area (Å²) < 4.78 is 41.0. The highest BCUT2D eigenvalue weighted by Gasteiger charge is 2.19. The standard InChI is InChI=1S/C18H20F3N3O/c1-3-4-11(9-23-10-25)16-5-6-17(22-2)18(24-16)12-7-14(20)15(21)8-13(12)19/h5-8,10-11,22H,3-4,9H2,1-2H3,(H,23,25). The Kier molecular flexibility index (Phi) is 6.38.